The Kier molecular flexibility index (Phi) is 2.31. The Balaban J connectivity index is 1.94. The third kappa shape index (κ3) is 1.79. The first-order valence-electron chi connectivity index (χ1n) is 6.77. The van der Waals surface area contributed by atoms with E-state index >= 15 is 0 Å². The van der Waals surface area contributed by atoms with Crippen molar-refractivity contribution >= 4 is 16.6 Å². The van der Waals surface area contributed by atoms with Crippen LogP contribution in [0.5, 0.6) is 11.5 Å². The van der Waals surface area contributed by atoms with Crippen molar-refractivity contribution in [2.24, 2.45) is 0 Å². The maximum atomic E-state index is 5.64. The van der Waals surface area contributed by atoms with Crippen molar-refractivity contribution < 1.29 is 9.47 Å². The van der Waals surface area contributed by atoms with E-state index in [1.54, 1.807) is 0 Å². The standard InChI is InChI=1S/C15H16N2O2/c1-16-12-7-11(9-2-3-9)17-13-8-15-14(6-10(12)13)18-4-5-19-15/h6-9H,2-5H2,1H3,(H,16,17). The molecule has 0 spiro atoms. The number of anilines is 1. The van der Waals surface area contributed by atoms with Gasteiger partial charge in [0.2, 0.25) is 0 Å². The number of rotatable bonds is 2. The first-order valence-corrected chi connectivity index (χ1v) is 6.77. The van der Waals surface area contributed by atoms with Crippen LogP contribution in [-0.4, -0.2) is 25.2 Å². The number of aromatic nitrogens is 1. The van der Waals surface area contributed by atoms with Crippen LogP contribution in [-0.2, 0) is 0 Å². The number of ether oxygens (including phenoxy) is 2. The van der Waals surface area contributed by atoms with Gasteiger partial charge in [0.25, 0.3) is 0 Å². The molecule has 0 bridgehead atoms. The third-order valence-electron chi connectivity index (χ3n) is 3.76. The number of hydrogen-bond donors (Lipinski definition) is 1. The first-order chi connectivity index (χ1) is 9.35. The van der Waals surface area contributed by atoms with Crippen LogP contribution in [0.2, 0.25) is 0 Å². The van der Waals surface area contributed by atoms with Gasteiger partial charge in [0.1, 0.15) is 13.2 Å². The molecule has 1 N–H and O–H groups in total. The van der Waals surface area contributed by atoms with Gasteiger partial charge in [0.15, 0.2) is 11.5 Å². The summed E-state index contributed by atoms with van der Waals surface area (Å²) in [7, 11) is 1.95. The van der Waals surface area contributed by atoms with Crippen molar-refractivity contribution in [3.63, 3.8) is 0 Å². The summed E-state index contributed by atoms with van der Waals surface area (Å²) < 4.78 is 11.3. The zero-order valence-corrected chi connectivity index (χ0v) is 10.9. The minimum absolute atomic E-state index is 0.611. The number of pyridine rings is 1. The van der Waals surface area contributed by atoms with Crippen LogP contribution in [0.25, 0.3) is 10.9 Å². The fraction of sp³-hybridized carbons (Fsp3) is 0.400. The Morgan fingerprint density at radius 2 is 1.84 bits per heavy atom. The second-order valence-corrected chi connectivity index (χ2v) is 5.13. The van der Waals surface area contributed by atoms with Gasteiger partial charge in [-0.2, -0.15) is 0 Å². The van der Waals surface area contributed by atoms with Crippen molar-refractivity contribution in [2.75, 3.05) is 25.6 Å². The highest BCUT2D eigenvalue weighted by atomic mass is 16.6. The Labute approximate surface area is 111 Å². The molecule has 2 aromatic rings. The van der Waals surface area contributed by atoms with E-state index in [0.29, 0.717) is 19.1 Å². The smallest absolute Gasteiger partial charge is 0.163 e. The average molecular weight is 256 g/mol. The fourth-order valence-electron chi connectivity index (χ4n) is 2.58. The molecule has 1 aromatic carbocycles. The Morgan fingerprint density at radius 1 is 1.11 bits per heavy atom. The van der Waals surface area contributed by atoms with Gasteiger partial charge in [-0.1, -0.05) is 0 Å². The summed E-state index contributed by atoms with van der Waals surface area (Å²) in [5.74, 6) is 2.27. The summed E-state index contributed by atoms with van der Waals surface area (Å²) in [6.45, 7) is 1.22. The predicted octanol–water partition coefficient (Wildman–Crippen LogP) is 2.93. The Bertz CT molecular complexity index is 650. The zero-order chi connectivity index (χ0) is 12.8. The van der Waals surface area contributed by atoms with E-state index in [1.165, 1.54) is 18.5 Å². The van der Waals surface area contributed by atoms with E-state index in [1.807, 2.05) is 19.2 Å². The minimum Gasteiger partial charge on any atom is -0.486 e. The molecule has 4 heteroatoms. The van der Waals surface area contributed by atoms with E-state index in [-0.39, 0.29) is 0 Å². The first kappa shape index (κ1) is 10.9. The number of fused-ring (bicyclic) bond motifs is 2. The largest absolute Gasteiger partial charge is 0.486 e. The van der Waals surface area contributed by atoms with Crippen LogP contribution in [0.1, 0.15) is 24.5 Å². The molecule has 4 nitrogen and oxygen atoms in total. The number of benzene rings is 1. The van der Waals surface area contributed by atoms with E-state index in [2.05, 4.69) is 11.4 Å². The molecule has 2 aliphatic rings. The molecular weight excluding hydrogens is 240 g/mol. The molecule has 98 valence electrons. The molecule has 1 aliphatic heterocycles. The summed E-state index contributed by atoms with van der Waals surface area (Å²) in [5, 5.41) is 4.36. The lowest BCUT2D eigenvalue weighted by molar-refractivity contribution is 0.172. The normalized spacial score (nSPS) is 17.5. The van der Waals surface area contributed by atoms with Crippen LogP contribution in [0.4, 0.5) is 5.69 Å². The molecule has 4 rings (SSSR count). The molecule has 2 heterocycles. The molecule has 1 fully saturated rings. The monoisotopic (exact) mass is 256 g/mol. The quantitative estimate of drug-likeness (QED) is 0.897. The van der Waals surface area contributed by atoms with Crippen molar-refractivity contribution in [2.45, 2.75) is 18.8 Å². The Morgan fingerprint density at radius 3 is 2.53 bits per heavy atom. The highest BCUT2D eigenvalue weighted by Crippen LogP contribution is 2.43. The molecular formula is C15H16N2O2. The zero-order valence-electron chi connectivity index (χ0n) is 10.9. The number of hydrogen-bond acceptors (Lipinski definition) is 4. The van der Waals surface area contributed by atoms with Gasteiger partial charge in [0, 0.05) is 35.8 Å². The van der Waals surface area contributed by atoms with Crippen LogP contribution in [0, 0.1) is 0 Å². The molecule has 1 aromatic heterocycles. The maximum Gasteiger partial charge on any atom is 0.163 e. The van der Waals surface area contributed by atoms with E-state index in [4.69, 9.17) is 14.5 Å². The molecule has 0 saturated heterocycles. The van der Waals surface area contributed by atoms with Crippen LogP contribution < -0.4 is 14.8 Å². The van der Waals surface area contributed by atoms with E-state index in [0.717, 1.165) is 28.1 Å². The lowest BCUT2D eigenvalue weighted by Crippen LogP contribution is -2.15. The molecule has 1 saturated carbocycles. The van der Waals surface area contributed by atoms with Crippen molar-refractivity contribution in [3.05, 3.63) is 23.9 Å². The number of nitrogens with one attached hydrogen (secondary N) is 1. The van der Waals surface area contributed by atoms with Gasteiger partial charge >= 0.3 is 0 Å². The van der Waals surface area contributed by atoms with Crippen LogP contribution >= 0.6 is 0 Å². The average Bonchev–Trinajstić information content (AvgIpc) is 3.28. The van der Waals surface area contributed by atoms with Gasteiger partial charge in [-0.15, -0.1) is 0 Å². The van der Waals surface area contributed by atoms with Gasteiger partial charge in [0.05, 0.1) is 5.52 Å². The molecule has 0 amide bonds. The van der Waals surface area contributed by atoms with Crippen LogP contribution in [0.3, 0.4) is 0 Å². The van der Waals surface area contributed by atoms with Crippen LogP contribution in [0.15, 0.2) is 18.2 Å². The lowest BCUT2D eigenvalue weighted by atomic mass is 10.1. The summed E-state index contributed by atoms with van der Waals surface area (Å²) in [4.78, 5) is 4.78. The molecule has 0 atom stereocenters. The molecule has 1 aliphatic carbocycles. The highest BCUT2D eigenvalue weighted by molar-refractivity contribution is 5.94. The predicted molar refractivity (Wildman–Crippen MR) is 74.3 cm³/mol. The van der Waals surface area contributed by atoms with E-state index < -0.39 is 0 Å². The SMILES string of the molecule is CNc1cc(C2CC2)nc2cc3c(cc12)OCCO3. The summed E-state index contributed by atoms with van der Waals surface area (Å²) >= 11 is 0. The fourth-order valence-corrected chi connectivity index (χ4v) is 2.58. The second-order valence-electron chi connectivity index (χ2n) is 5.13. The lowest BCUT2D eigenvalue weighted by Gasteiger charge is -2.19. The van der Waals surface area contributed by atoms with Gasteiger partial charge in [-0.3, -0.25) is 4.98 Å². The molecule has 19 heavy (non-hydrogen) atoms. The van der Waals surface area contributed by atoms with Crippen molar-refractivity contribution in [1.82, 2.24) is 4.98 Å². The maximum absolute atomic E-state index is 5.64. The summed E-state index contributed by atoms with van der Waals surface area (Å²) in [6.07, 6.45) is 2.51. The number of nitrogens with zero attached hydrogens (tertiary/aromatic N) is 1. The van der Waals surface area contributed by atoms with Gasteiger partial charge in [-0.25, -0.2) is 0 Å². The Hall–Kier alpha value is -1.97. The topological polar surface area (TPSA) is 43.4 Å². The van der Waals surface area contributed by atoms with Crippen molar-refractivity contribution in [3.8, 4) is 11.5 Å². The molecule has 0 radical (unpaired) electrons. The molecule has 0 unspecified atom stereocenters. The van der Waals surface area contributed by atoms with Crippen molar-refractivity contribution in [1.29, 1.82) is 0 Å². The van der Waals surface area contributed by atoms with Gasteiger partial charge in [-0.05, 0) is 25.0 Å². The highest BCUT2D eigenvalue weighted by Gasteiger charge is 2.26. The summed E-state index contributed by atoms with van der Waals surface area (Å²) in [6, 6.07) is 6.19. The minimum atomic E-state index is 0.611. The van der Waals surface area contributed by atoms with Gasteiger partial charge < -0.3 is 14.8 Å². The van der Waals surface area contributed by atoms with E-state index in [9.17, 15) is 0 Å². The third-order valence-corrected chi connectivity index (χ3v) is 3.76. The summed E-state index contributed by atoms with van der Waals surface area (Å²) in [5.41, 5.74) is 3.29. The second kappa shape index (κ2) is 4.02.